The van der Waals surface area contributed by atoms with Gasteiger partial charge in [-0.3, -0.25) is 4.98 Å². The second-order valence-electron chi connectivity index (χ2n) is 7.99. The highest BCUT2D eigenvalue weighted by atomic mass is 19.1. The summed E-state index contributed by atoms with van der Waals surface area (Å²) in [5.41, 5.74) is 1.49. The number of imidazole rings is 1. The number of methoxy groups -OCH3 is 1. The van der Waals surface area contributed by atoms with E-state index in [1.165, 1.54) is 6.07 Å². The third-order valence-corrected chi connectivity index (χ3v) is 4.45. The SMILES string of the molecule is COCCn1c(C(C)NC(=O)OC(C)(C)C)nc2ccc(F)c(-c3ccccn3)c21. The first kappa shape index (κ1) is 21.7. The van der Waals surface area contributed by atoms with Crippen molar-refractivity contribution in [3.8, 4) is 11.3 Å². The van der Waals surface area contributed by atoms with Crippen LogP contribution in [-0.4, -0.2) is 39.9 Å². The molecule has 0 aliphatic carbocycles. The lowest BCUT2D eigenvalue weighted by molar-refractivity contribution is 0.0505. The molecule has 30 heavy (non-hydrogen) atoms. The zero-order valence-electron chi connectivity index (χ0n) is 17.9. The molecule has 0 fully saturated rings. The summed E-state index contributed by atoms with van der Waals surface area (Å²) in [6.07, 6.45) is 1.08. The van der Waals surface area contributed by atoms with Gasteiger partial charge in [0, 0.05) is 19.9 Å². The largest absolute Gasteiger partial charge is 0.444 e. The molecule has 8 heteroatoms. The lowest BCUT2D eigenvalue weighted by atomic mass is 10.1. The Morgan fingerprint density at radius 2 is 2.03 bits per heavy atom. The molecule has 2 aromatic heterocycles. The fraction of sp³-hybridized carbons (Fsp3) is 0.409. The zero-order valence-corrected chi connectivity index (χ0v) is 17.9. The molecule has 0 radical (unpaired) electrons. The Kier molecular flexibility index (Phi) is 6.36. The van der Waals surface area contributed by atoms with Gasteiger partial charge in [0.05, 0.1) is 34.9 Å². The van der Waals surface area contributed by atoms with Crippen molar-refractivity contribution in [2.45, 2.75) is 45.9 Å². The van der Waals surface area contributed by atoms with Crippen molar-refractivity contribution in [2.75, 3.05) is 13.7 Å². The molecule has 1 N–H and O–H groups in total. The van der Waals surface area contributed by atoms with E-state index in [0.717, 1.165) is 0 Å². The third kappa shape index (κ3) is 4.76. The van der Waals surface area contributed by atoms with Crippen LogP contribution in [-0.2, 0) is 16.0 Å². The quantitative estimate of drug-likeness (QED) is 0.644. The van der Waals surface area contributed by atoms with Crippen LogP contribution in [0.2, 0.25) is 0 Å². The summed E-state index contributed by atoms with van der Waals surface area (Å²) in [5, 5.41) is 2.81. The van der Waals surface area contributed by atoms with Gasteiger partial charge in [0.2, 0.25) is 0 Å². The van der Waals surface area contributed by atoms with Gasteiger partial charge in [-0.05, 0) is 52.0 Å². The predicted molar refractivity (Wildman–Crippen MR) is 113 cm³/mol. The Bertz CT molecular complexity index is 1030. The van der Waals surface area contributed by atoms with Gasteiger partial charge >= 0.3 is 6.09 Å². The monoisotopic (exact) mass is 414 g/mol. The van der Waals surface area contributed by atoms with Gasteiger partial charge in [0.25, 0.3) is 0 Å². The average molecular weight is 414 g/mol. The summed E-state index contributed by atoms with van der Waals surface area (Å²) in [7, 11) is 1.60. The number of alkyl carbamates (subject to hydrolysis) is 1. The van der Waals surface area contributed by atoms with E-state index in [9.17, 15) is 9.18 Å². The van der Waals surface area contributed by atoms with Gasteiger partial charge in [0.1, 0.15) is 17.2 Å². The van der Waals surface area contributed by atoms with E-state index in [0.29, 0.717) is 41.3 Å². The summed E-state index contributed by atoms with van der Waals surface area (Å²) in [6, 6.07) is 7.89. The lowest BCUT2D eigenvalue weighted by Crippen LogP contribution is -2.35. The second kappa shape index (κ2) is 8.79. The molecule has 3 aromatic rings. The smallest absolute Gasteiger partial charge is 0.408 e. The number of carbonyl (C=O) groups excluding carboxylic acids is 1. The molecule has 3 rings (SSSR count). The molecule has 7 nitrogen and oxygen atoms in total. The number of pyridine rings is 1. The average Bonchev–Trinajstić information content (AvgIpc) is 3.04. The van der Waals surface area contributed by atoms with Crippen LogP contribution < -0.4 is 5.32 Å². The van der Waals surface area contributed by atoms with E-state index >= 15 is 0 Å². The van der Waals surface area contributed by atoms with Crippen molar-refractivity contribution < 1.29 is 18.7 Å². The first-order valence-corrected chi connectivity index (χ1v) is 9.79. The maximum absolute atomic E-state index is 14.9. The first-order chi connectivity index (χ1) is 14.2. The van der Waals surface area contributed by atoms with Crippen molar-refractivity contribution >= 4 is 17.1 Å². The summed E-state index contributed by atoms with van der Waals surface area (Å²) >= 11 is 0. The molecular formula is C22H27FN4O3. The fourth-order valence-electron chi connectivity index (χ4n) is 3.26. The lowest BCUT2D eigenvalue weighted by Gasteiger charge is -2.22. The summed E-state index contributed by atoms with van der Waals surface area (Å²) in [6.45, 7) is 8.04. The summed E-state index contributed by atoms with van der Waals surface area (Å²) in [4.78, 5) is 21.3. The Hall–Kier alpha value is -3.00. The molecule has 0 spiro atoms. The number of nitrogens with one attached hydrogen (secondary N) is 1. The van der Waals surface area contributed by atoms with Gasteiger partial charge in [-0.25, -0.2) is 14.2 Å². The molecule has 0 aliphatic heterocycles. The van der Waals surface area contributed by atoms with E-state index in [4.69, 9.17) is 9.47 Å². The van der Waals surface area contributed by atoms with Gasteiger partial charge in [-0.15, -0.1) is 0 Å². The number of ether oxygens (including phenoxy) is 2. The maximum atomic E-state index is 14.9. The normalized spacial score (nSPS) is 12.7. The Labute approximate surface area is 175 Å². The number of aromatic nitrogens is 3. The van der Waals surface area contributed by atoms with Gasteiger partial charge in [-0.2, -0.15) is 0 Å². The standard InChI is InChI=1S/C22H27FN4O3/c1-14(25-21(28)30-22(2,3)4)20-26-17-10-9-15(23)18(16-8-6-7-11-24-16)19(17)27(20)12-13-29-5/h6-11,14H,12-13H2,1-5H3,(H,25,28). The Balaban J connectivity index is 2.10. The minimum absolute atomic E-state index is 0.368. The van der Waals surface area contributed by atoms with Gasteiger partial charge in [0.15, 0.2) is 0 Å². The molecule has 0 saturated heterocycles. The number of halogens is 1. The number of benzene rings is 1. The van der Waals surface area contributed by atoms with Gasteiger partial charge < -0.3 is 19.4 Å². The first-order valence-electron chi connectivity index (χ1n) is 9.79. The van der Waals surface area contributed by atoms with Crippen molar-refractivity contribution in [3.63, 3.8) is 0 Å². The highest BCUT2D eigenvalue weighted by molar-refractivity contribution is 5.92. The number of hydrogen-bond acceptors (Lipinski definition) is 5. The van der Waals surface area contributed by atoms with Crippen LogP contribution >= 0.6 is 0 Å². The molecular weight excluding hydrogens is 387 g/mol. The van der Waals surface area contributed by atoms with Crippen molar-refractivity contribution in [1.29, 1.82) is 0 Å². The van der Waals surface area contributed by atoms with Gasteiger partial charge in [-0.1, -0.05) is 6.07 Å². The minimum atomic E-state index is -0.616. The molecule has 0 bridgehead atoms. The van der Waals surface area contributed by atoms with Crippen LogP contribution in [0.15, 0.2) is 36.5 Å². The second-order valence-corrected chi connectivity index (χ2v) is 7.99. The fourth-order valence-corrected chi connectivity index (χ4v) is 3.26. The molecule has 2 heterocycles. The number of rotatable bonds is 6. The van der Waals surface area contributed by atoms with E-state index < -0.39 is 17.7 Å². The predicted octanol–water partition coefficient (Wildman–Crippen LogP) is 4.47. The van der Waals surface area contributed by atoms with E-state index in [2.05, 4.69) is 15.3 Å². The molecule has 1 aromatic carbocycles. The highest BCUT2D eigenvalue weighted by Crippen LogP contribution is 2.32. The van der Waals surface area contributed by atoms with Crippen LogP contribution in [0, 0.1) is 5.82 Å². The van der Waals surface area contributed by atoms with Crippen LogP contribution in [0.3, 0.4) is 0 Å². The van der Waals surface area contributed by atoms with Crippen LogP contribution in [0.4, 0.5) is 9.18 Å². The number of fused-ring (bicyclic) bond motifs is 1. The molecule has 1 unspecified atom stereocenters. The molecule has 160 valence electrons. The molecule has 0 saturated carbocycles. The Morgan fingerprint density at radius 3 is 2.67 bits per heavy atom. The van der Waals surface area contributed by atoms with E-state index in [1.807, 2.05) is 17.6 Å². The Morgan fingerprint density at radius 1 is 1.27 bits per heavy atom. The van der Waals surface area contributed by atoms with Crippen LogP contribution in [0.1, 0.15) is 39.6 Å². The molecule has 0 aliphatic rings. The van der Waals surface area contributed by atoms with E-state index in [1.54, 1.807) is 52.3 Å². The highest BCUT2D eigenvalue weighted by Gasteiger charge is 2.24. The summed E-state index contributed by atoms with van der Waals surface area (Å²) in [5.74, 6) is 0.190. The van der Waals surface area contributed by atoms with Crippen LogP contribution in [0.25, 0.3) is 22.3 Å². The van der Waals surface area contributed by atoms with Crippen molar-refractivity contribution in [1.82, 2.24) is 19.9 Å². The topological polar surface area (TPSA) is 78.3 Å². The van der Waals surface area contributed by atoms with Crippen molar-refractivity contribution in [3.05, 3.63) is 48.2 Å². The summed E-state index contributed by atoms with van der Waals surface area (Å²) < 4.78 is 27.4. The zero-order chi connectivity index (χ0) is 21.9. The third-order valence-electron chi connectivity index (χ3n) is 4.45. The number of nitrogens with zero attached hydrogens (tertiary/aromatic N) is 3. The molecule has 1 atom stereocenters. The van der Waals surface area contributed by atoms with E-state index in [-0.39, 0.29) is 5.82 Å². The number of amides is 1. The van der Waals surface area contributed by atoms with Crippen LogP contribution in [0.5, 0.6) is 0 Å². The van der Waals surface area contributed by atoms with Crippen molar-refractivity contribution in [2.24, 2.45) is 0 Å². The number of carbonyl (C=O) groups is 1. The number of hydrogen-bond donors (Lipinski definition) is 1. The maximum Gasteiger partial charge on any atom is 0.408 e. The molecule has 1 amide bonds. The minimum Gasteiger partial charge on any atom is -0.444 e.